The highest BCUT2D eigenvalue weighted by molar-refractivity contribution is 6.29. The third-order valence-electron chi connectivity index (χ3n) is 7.36. The normalized spacial score (nSPS) is 19.0. The number of pyridine rings is 1. The molecule has 1 aliphatic heterocycles. The lowest BCUT2D eigenvalue weighted by Crippen LogP contribution is -2.37. The minimum atomic E-state index is -2.68. The molecule has 184 valence electrons. The number of rotatable bonds is 4. The van der Waals surface area contributed by atoms with Gasteiger partial charge in [-0.1, -0.05) is 17.7 Å². The Labute approximate surface area is 205 Å². The van der Waals surface area contributed by atoms with Crippen molar-refractivity contribution in [2.24, 2.45) is 0 Å². The van der Waals surface area contributed by atoms with Crippen molar-refractivity contribution in [2.45, 2.75) is 69.9 Å². The molecule has 3 heterocycles. The number of hydrogen-bond acceptors (Lipinski definition) is 5. The Morgan fingerprint density at radius 2 is 1.89 bits per heavy atom. The number of alkyl halides is 2. The summed E-state index contributed by atoms with van der Waals surface area (Å²) >= 11 is 5.88. The van der Waals surface area contributed by atoms with E-state index >= 15 is 0 Å². The summed E-state index contributed by atoms with van der Waals surface area (Å²) in [6.45, 7) is 4.19. The van der Waals surface area contributed by atoms with Gasteiger partial charge in [-0.2, -0.15) is 0 Å². The Hall–Kier alpha value is -3.07. The predicted octanol–water partition coefficient (Wildman–Crippen LogP) is 5.48. The van der Waals surface area contributed by atoms with E-state index in [4.69, 9.17) is 16.6 Å². The topological polar surface area (TPSA) is 97.1 Å². The van der Waals surface area contributed by atoms with Crippen LogP contribution in [0.4, 0.5) is 14.5 Å². The smallest absolute Gasteiger partial charge is 0.356 e. The Balaban J connectivity index is 1.61. The zero-order valence-electron chi connectivity index (χ0n) is 19.4. The van der Waals surface area contributed by atoms with Crippen LogP contribution in [-0.4, -0.2) is 31.5 Å². The molecule has 1 saturated carbocycles. The number of nitrogens with zero attached hydrogens (tertiary/aromatic N) is 3. The molecule has 5 rings (SSSR count). The highest BCUT2D eigenvalue weighted by atomic mass is 35.5. The number of benzene rings is 1. The van der Waals surface area contributed by atoms with E-state index in [0.717, 1.165) is 11.1 Å². The first-order chi connectivity index (χ1) is 16.5. The van der Waals surface area contributed by atoms with Gasteiger partial charge in [0.2, 0.25) is 5.92 Å². The van der Waals surface area contributed by atoms with Crippen molar-refractivity contribution >= 4 is 34.2 Å². The largest absolute Gasteiger partial charge is 0.476 e. The van der Waals surface area contributed by atoms with Crippen molar-refractivity contribution < 1.29 is 18.7 Å². The van der Waals surface area contributed by atoms with Gasteiger partial charge in [-0.05, 0) is 56.9 Å². The fraction of sp³-hybridized carbons (Fsp3) is 0.440. The van der Waals surface area contributed by atoms with Crippen molar-refractivity contribution in [2.75, 3.05) is 5.32 Å². The van der Waals surface area contributed by atoms with Crippen LogP contribution in [0.15, 0.2) is 29.1 Å². The van der Waals surface area contributed by atoms with Gasteiger partial charge in [0.15, 0.2) is 5.69 Å². The fourth-order valence-electron chi connectivity index (χ4n) is 5.48. The lowest BCUT2D eigenvalue weighted by molar-refractivity contribution is -0.0523. The van der Waals surface area contributed by atoms with Gasteiger partial charge in [0, 0.05) is 30.4 Å². The van der Waals surface area contributed by atoms with Crippen molar-refractivity contribution in [3.63, 3.8) is 0 Å². The highest BCUT2D eigenvalue weighted by Crippen LogP contribution is 2.49. The van der Waals surface area contributed by atoms with Crippen LogP contribution in [0.2, 0.25) is 5.15 Å². The van der Waals surface area contributed by atoms with Gasteiger partial charge >= 0.3 is 5.97 Å². The minimum absolute atomic E-state index is 0.0650. The van der Waals surface area contributed by atoms with Crippen LogP contribution in [0.1, 0.15) is 72.5 Å². The van der Waals surface area contributed by atoms with Crippen LogP contribution in [0, 0.1) is 6.92 Å². The highest BCUT2D eigenvalue weighted by Gasteiger charge is 2.49. The molecule has 2 N–H and O–H groups in total. The SMILES string of the molecule is Cc1cc([C@@H](C)Nc2ccc(Cl)nc2C(=O)O)c2nc3n(c(=O)c2c1)CCC31CCC(F)(F)CC1. The Bertz CT molecular complexity index is 1410. The molecule has 1 fully saturated rings. The number of aromatic nitrogens is 3. The summed E-state index contributed by atoms with van der Waals surface area (Å²) in [5.41, 5.74) is 1.46. The van der Waals surface area contributed by atoms with Crippen LogP contribution < -0.4 is 10.9 Å². The second kappa shape index (κ2) is 8.26. The Morgan fingerprint density at radius 1 is 1.17 bits per heavy atom. The summed E-state index contributed by atoms with van der Waals surface area (Å²) < 4.78 is 29.5. The number of carboxylic acid groups (broad SMARTS) is 1. The summed E-state index contributed by atoms with van der Waals surface area (Å²) in [5, 5.41) is 13.2. The van der Waals surface area contributed by atoms with E-state index in [1.165, 1.54) is 6.07 Å². The second-order valence-corrected chi connectivity index (χ2v) is 10.1. The molecule has 1 aliphatic carbocycles. The van der Waals surface area contributed by atoms with E-state index in [0.29, 0.717) is 42.5 Å². The summed E-state index contributed by atoms with van der Waals surface area (Å²) in [4.78, 5) is 34.0. The van der Waals surface area contributed by atoms with E-state index in [2.05, 4.69) is 10.3 Å². The van der Waals surface area contributed by atoms with Crippen LogP contribution in [-0.2, 0) is 12.0 Å². The molecule has 0 unspecified atom stereocenters. The lowest BCUT2D eigenvalue weighted by atomic mass is 9.71. The van der Waals surface area contributed by atoms with Crippen LogP contribution >= 0.6 is 11.6 Å². The van der Waals surface area contributed by atoms with E-state index in [1.807, 2.05) is 19.9 Å². The van der Waals surface area contributed by atoms with Gasteiger partial charge in [0.1, 0.15) is 11.0 Å². The van der Waals surface area contributed by atoms with Crippen molar-refractivity contribution in [1.29, 1.82) is 0 Å². The van der Waals surface area contributed by atoms with Crippen LogP contribution in [0.5, 0.6) is 0 Å². The molecular formula is C25H25ClF2N4O3. The fourth-order valence-corrected chi connectivity index (χ4v) is 5.62. The van der Waals surface area contributed by atoms with Crippen molar-refractivity contribution in [1.82, 2.24) is 14.5 Å². The zero-order chi connectivity index (χ0) is 25.1. The number of carboxylic acids is 1. The van der Waals surface area contributed by atoms with Crippen LogP contribution in [0.25, 0.3) is 10.9 Å². The summed E-state index contributed by atoms with van der Waals surface area (Å²) in [6.07, 6.45) is 0.807. The minimum Gasteiger partial charge on any atom is -0.476 e. The molecule has 0 bridgehead atoms. The second-order valence-electron chi connectivity index (χ2n) is 9.73. The first-order valence-electron chi connectivity index (χ1n) is 11.6. The quantitative estimate of drug-likeness (QED) is 0.459. The number of aromatic carboxylic acids is 1. The number of halogens is 3. The van der Waals surface area contributed by atoms with Gasteiger partial charge in [-0.15, -0.1) is 0 Å². The number of nitrogens with one attached hydrogen (secondary N) is 1. The number of aryl methyl sites for hydroxylation is 1. The lowest BCUT2D eigenvalue weighted by Gasteiger charge is -2.36. The van der Waals surface area contributed by atoms with Gasteiger partial charge in [-0.3, -0.25) is 9.36 Å². The van der Waals surface area contributed by atoms with E-state index < -0.39 is 23.3 Å². The number of fused-ring (bicyclic) bond motifs is 3. The van der Waals surface area contributed by atoms with E-state index in [1.54, 1.807) is 16.7 Å². The van der Waals surface area contributed by atoms with Gasteiger partial charge in [0.25, 0.3) is 5.56 Å². The molecule has 7 nitrogen and oxygen atoms in total. The average molecular weight is 503 g/mol. The molecule has 1 spiro atoms. The molecule has 3 aromatic rings. The molecule has 10 heteroatoms. The molecule has 0 saturated heterocycles. The Kier molecular flexibility index (Phi) is 5.58. The number of carbonyl (C=O) groups is 1. The van der Waals surface area contributed by atoms with E-state index in [9.17, 15) is 23.5 Å². The molecular weight excluding hydrogens is 478 g/mol. The first-order valence-corrected chi connectivity index (χ1v) is 12.0. The maximum atomic E-state index is 13.9. The molecule has 1 atom stereocenters. The monoisotopic (exact) mass is 502 g/mol. The molecule has 2 aliphatic rings. The molecule has 35 heavy (non-hydrogen) atoms. The van der Waals surface area contributed by atoms with E-state index in [-0.39, 0.29) is 34.9 Å². The average Bonchev–Trinajstić information content (AvgIpc) is 3.16. The number of anilines is 1. The van der Waals surface area contributed by atoms with Crippen molar-refractivity contribution in [3.05, 3.63) is 62.4 Å². The summed E-state index contributed by atoms with van der Waals surface area (Å²) in [5.74, 6) is -3.31. The summed E-state index contributed by atoms with van der Waals surface area (Å²) in [7, 11) is 0. The molecule has 1 aromatic carbocycles. The third kappa shape index (κ3) is 4.05. The molecule has 0 radical (unpaired) electrons. The maximum Gasteiger partial charge on any atom is 0.356 e. The standard InChI is InChI=1S/C25H25ClF2N4O3/c1-13-11-15(14(2)29-17-3-4-18(26)30-20(17)22(34)35)19-16(12-13)21(33)32-10-9-24(23(32)31-19)5-7-25(27,28)8-6-24/h3-4,11-12,14,29H,5-10H2,1-2H3,(H,34,35)/t14-/m1/s1. The van der Waals surface area contributed by atoms with Gasteiger partial charge < -0.3 is 10.4 Å². The van der Waals surface area contributed by atoms with Crippen LogP contribution in [0.3, 0.4) is 0 Å². The van der Waals surface area contributed by atoms with Crippen molar-refractivity contribution in [3.8, 4) is 0 Å². The maximum absolute atomic E-state index is 13.9. The molecule has 0 amide bonds. The molecule has 2 aromatic heterocycles. The third-order valence-corrected chi connectivity index (χ3v) is 7.57. The Morgan fingerprint density at radius 3 is 2.57 bits per heavy atom. The number of hydrogen-bond donors (Lipinski definition) is 2. The van der Waals surface area contributed by atoms with Gasteiger partial charge in [-0.25, -0.2) is 23.5 Å². The predicted molar refractivity (Wildman–Crippen MR) is 129 cm³/mol. The first kappa shape index (κ1) is 23.7. The summed E-state index contributed by atoms with van der Waals surface area (Å²) in [6, 6.07) is 6.31. The van der Waals surface area contributed by atoms with Gasteiger partial charge in [0.05, 0.1) is 22.6 Å². The zero-order valence-corrected chi connectivity index (χ0v) is 20.1.